The van der Waals surface area contributed by atoms with E-state index in [-0.39, 0.29) is 45.9 Å². The maximum Gasteiger partial charge on any atom is 0.343 e. The molecule has 2 aromatic rings. The monoisotopic (exact) mass is 780 g/mol. The van der Waals surface area contributed by atoms with Gasteiger partial charge in [0.15, 0.2) is 17.2 Å². The van der Waals surface area contributed by atoms with Crippen molar-refractivity contribution < 1.29 is 38.1 Å². The summed E-state index contributed by atoms with van der Waals surface area (Å²) in [5.41, 5.74) is -0.234. The van der Waals surface area contributed by atoms with E-state index in [1.807, 2.05) is 4.90 Å². The van der Waals surface area contributed by atoms with E-state index in [0.29, 0.717) is 43.4 Å². The fraction of sp³-hybridized carbons (Fsp3) is 0.595. The van der Waals surface area contributed by atoms with Crippen molar-refractivity contribution in [3.8, 4) is 0 Å². The van der Waals surface area contributed by atoms with Gasteiger partial charge in [0.2, 0.25) is 5.43 Å². The fourth-order valence-corrected chi connectivity index (χ4v) is 11.8. The Labute approximate surface area is 323 Å². The Kier molecular flexibility index (Phi) is 9.30. The second kappa shape index (κ2) is 13.3. The molecule has 0 amide bonds. The largest absolute Gasteiger partial charge is 0.461 e. The SMILES string of the molecule is C[C@@H]1CC2C3CCC4=CC(=O)C=C[C@]4(C)[C@@]3(F)[C@@H](O)C[C@]2(C)[C@@]1(O)C(=O)[CH]COC(=O)c1cn(C2CC2)c2c(Cl)c(N3CCCC[C@@H](N)C3)c(F)cc2c1=O. The number of ketones is 2. The summed E-state index contributed by atoms with van der Waals surface area (Å²) in [6.07, 6.45) is 10.3. The van der Waals surface area contributed by atoms with Crippen LogP contribution in [0.2, 0.25) is 5.02 Å². The lowest BCUT2D eigenvalue weighted by atomic mass is 9.44. The van der Waals surface area contributed by atoms with Crippen molar-refractivity contribution in [1.29, 1.82) is 0 Å². The Morgan fingerprint density at radius 1 is 1.15 bits per heavy atom. The standard InChI is InChI=1S/C42H49ClF2N3O7/c1-22-16-30-29-10-7-23-17-26(49)11-13-39(23,2)41(29,45)33(51)19-40(30,3)42(22,54)32(50)12-15-55-38(53)28-21-48(25-8-9-25)35-27(37(28)52)18-31(44)36(34(35)43)47-14-5-4-6-24(46)20-47/h11-13,17-18,21-22,24-25,29-30,33,51,54H,4-10,14-16,19-20,46H2,1-3H3/t22-,24-,29?,30?,33+,39+,40+,41+,42+/m1/s1. The highest BCUT2D eigenvalue weighted by molar-refractivity contribution is 6.38. The molecule has 0 spiro atoms. The summed E-state index contributed by atoms with van der Waals surface area (Å²) < 4.78 is 40.6. The van der Waals surface area contributed by atoms with Crippen molar-refractivity contribution >= 4 is 45.7 Å². The predicted molar refractivity (Wildman–Crippen MR) is 203 cm³/mol. The molecule has 8 rings (SSSR count). The summed E-state index contributed by atoms with van der Waals surface area (Å²) in [5.74, 6) is -4.42. The Morgan fingerprint density at radius 3 is 2.62 bits per heavy atom. The van der Waals surface area contributed by atoms with Crippen molar-refractivity contribution in [2.75, 3.05) is 24.6 Å². The van der Waals surface area contributed by atoms with Crippen LogP contribution in [0.1, 0.15) is 95.0 Å². The predicted octanol–water partition coefficient (Wildman–Crippen LogP) is 5.72. The van der Waals surface area contributed by atoms with Crippen LogP contribution in [0.3, 0.4) is 0 Å². The molecular weight excluding hydrogens is 732 g/mol. The number of nitrogens with two attached hydrogens (primary N) is 1. The van der Waals surface area contributed by atoms with Gasteiger partial charge in [-0.15, -0.1) is 0 Å². The number of halogens is 3. The second-order valence-electron chi connectivity index (χ2n) is 17.5. The van der Waals surface area contributed by atoms with Gasteiger partial charge in [-0.2, -0.15) is 0 Å². The Morgan fingerprint density at radius 2 is 1.89 bits per heavy atom. The van der Waals surface area contributed by atoms with Gasteiger partial charge in [0.25, 0.3) is 0 Å². The van der Waals surface area contributed by atoms with Crippen molar-refractivity contribution in [1.82, 2.24) is 4.57 Å². The third-order valence-corrected chi connectivity index (χ3v) is 14.8. The number of Topliss-reactive ketones (excluding diaryl/α,β-unsaturated/α-hetero) is 1. The summed E-state index contributed by atoms with van der Waals surface area (Å²) in [4.78, 5) is 55.4. The molecule has 10 nitrogen and oxygen atoms in total. The lowest BCUT2D eigenvalue weighted by molar-refractivity contribution is -0.218. The fourth-order valence-electron chi connectivity index (χ4n) is 11.4. The molecule has 55 heavy (non-hydrogen) atoms. The van der Waals surface area contributed by atoms with Crippen molar-refractivity contribution in [2.24, 2.45) is 34.3 Å². The zero-order valence-electron chi connectivity index (χ0n) is 31.5. The van der Waals surface area contributed by atoms with Gasteiger partial charge in [-0.25, -0.2) is 13.6 Å². The third kappa shape index (κ3) is 5.55. The van der Waals surface area contributed by atoms with E-state index >= 15 is 8.78 Å². The van der Waals surface area contributed by atoms with E-state index in [4.69, 9.17) is 22.1 Å². The van der Waals surface area contributed by atoms with Crippen molar-refractivity contribution in [3.63, 3.8) is 0 Å². The number of aromatic nitrogens is 1. The molecule has 4 saturated carbocycles. The minimum atomic E-state index is -2.12. The molecule has 2 heterocycles. The Balaban J connectivity index is 1.02. The summed E-state index contributed by atoms with van der Waals surface area (Å²) in [7, 11) is 0. The number of esters is 1. The highest BCUT2D eigenvalue weighted by Gasteiger charge is 2.75. The number of ether oxygens (including phenoxy) is 1. The van der Waals surface area contributed by atoms with Crippen LogP contribution in [-0.2, 0) is 14.3 Å². The molecule has 2 unspecified atom stereocenters. The van der Waals surface area contributed by atoms with Gasteiger partial charge in [-0.1, -0.05) is 43.5 Å². The molecular formula is C42H49ClF2N3O7. The average Bonchev–Trinajstić information content (AvgIpc) is 3.97. The second-order valence-corrected chi connectivity index (χ2v) is 17.8. The minimum Gasteiger partial charge on any atom is -0.461 e. The zero-order valence-corrected chi connectivity index (χ0v) is 32.2. The number of aliphatic hydroxyl groups excluding tert-OH is 1. The quantitative estimate of drug-likeness (QED) is 0.300. The van der Waals surface area contributed by atoms with Gasteiger partial charge in [0.1, 0.15) is 23.6 Å². The van der Waals surface area contributed by atoms with E-state index in [0.717, 1.165) is 44.6 Å². The van der Waals surface area contributed by atoms with Gasteiger partial charge < -0.3 is 30.2 Å². The molecule has 4 N–H and O–H groups in total. The van der Waals surface area contributed by atoms with Gasteiger partial charge in [0, 0.05) is 48.1 Å². The zero-order chi connectivity index (χ0) is 39.4. The lowest BCUT2D eigenvalue weighted by Gasteiger charge is -2.62. The van der Waals surface area contributed by atoms with Crippen molar-refractivity contribution in [2.45, 2.75) is 108 Å². The molecule has 295 valence electrons. The van der Waals surface area contributed by atoms with E-state index in [1.165, 1.54) is 18.3 Å². The topological polar surface area (TPSA) is 152 Å². The van der Waals surface area contributed by atoms with Crippen molar-refractivity contribution in [3.05, 3.63) is 69.1 Å². The number of allylic oxidation sites excluding steroid dienone is 4. The summed E-state index contributed by atoms with van der Waals surface area (Å²) in [6, 6.07) is 0.907. The number of aliphatic hydroxyl groups is 2. The summed E-state index contributed by atoms with van der Waals surface area (Å²) in [5, 5.41) is 24.0. The van der Waals surface area contributed by atoms with E-state index < -0.39 is 75.6 Å². The number of fused-ring (bicyclic) bond motifs is 6. The van der Waals surface area contributed by atoms with Crippen LogP contribution < -0.4 is 16.1 Å². The van der Waals surface area contributed by atoms with Crippen LogP contribution in [0.15, 0.2) is 40.9 Å². The number of nitrogens with zero attached hydrogens (tertiary/aromatic N) is 2. The van der Waals surface area contributed by atoms with Gasteiger partial charge >= 0.3 is 5.97 Å². The van der Waals surface area contributed by atoms with Gasteiger partial charge in [0.05, 0.1) is 34.1 Å². The van der Waals surface area contributed by atoms with Gasteiger partial charge in [-0.05, 0) is 88.3 Å². The molecule has 5 aliphatic carbocycles. The number of carbonyl (C=O) groups is 3. The number of anilines is 1. The molecule has 1 aromatic carbocycles. The Bertz CT molecular complexity index is 2120. The molecule has 1 radical (unpaired) electrons. The third-order valence-electron chi connectivity index (χ3n) is 14.4. The number of benzene rings is 1. The smallest absolute Gasteiger partial charge is 0.343 e. The number of hydrogen-bond donors (Lipinski definition) is 3. The Hall–Kier alpha value is -3.45. The molecule has 6 aliphatic rings. The number of hydrogen-bond acceptors (Lipinski definition) is 9. The number of pyridine rings is 1. The van der Waals surface area contributed by atoms with Crippen LogP contribution in [0.25, 0.3) is 10.9 Å². The van der Waals surface area contributed by atoms with Crippen LogP contribution in [0.4, 0.5) is 14.5 Å². The average molecular weight is 781 g/mol. The number of rotatable bonds is 7. The first-order valence-electron chi connectivity index (χ1n) is 19.6. The first-order chi connectivity index (χ1) is 26.0. The first-order valence-corrected chi connectivity index (χ1v) is 20.0. The van der Waals surface area contributed by atoms with Crippen LogP contribution in [0, 0.1) is 40.8 Å². The number of carbonyl (C=O) groups excluding carboxylic acids is 3. The van der Waals surface area contributed by atoms with Crippen LogP contribution >= 0.6 is 11.6 Å². The van der Waals surface area contributed by atoms with E-state index in [1.54, 1.807) is 31.4 Å². The van der Waals surface area contributed by atoms with E-state index in [9.17, 15) is 29.4 Å². The normalized spacial score (nSPS) is 37.2. The van der Waals surface area contributed by atoms with E-state index in [2.05, 4.69) is 0 Å². The van der Waals surface area contributed by atoms with Crippen LogP contribution in [-0.4, -0.2) is 75.4 Å². The number of alkyl halides is 1. The van der Waals surface area contributed by atoms with Gasteiger partial charge in [-0.3, -0.25) is 14.4 Å². The lowest BCUT2D eigenvalue weighted by Crippen LogP contribution is -2.69. The maximum absolute atomic E-state index is 17.5. The molecule has 13 heteroatoms. The first kappa shape index (κ1) is 38.4. The van der Waals surface area contributed by atoms with Crippen LogP contribution in [0.5, 0.6) is 0 Å². The highest BCUT2D eigenvalue weighted by Crippen LogP contribution is 2.70. The highest BCUT2D eigenvalue weighted by atomic mass is 35.5. The molecule has 1 aromatic heterocycles. The molecule has 5 fully saturated rings. The molecule has 0 bridgehead atoms. The maximum atomic E-state index is 17.5. The summed E-state index contributed by atoms with van der Waals surface area (Å²) >= 11 is 6.91. The molecule has 1 aliphatic heterocycles. The summed E-state index contributed by atoms with van der Waals surface area (Å²) in [6.45, 7) is 5.58. The molecule has 9 atom stereocenters. The molecule has 1 saturated heterocycles. The minimum absolute atomic E-state index is 0.0586.